The van der Waals surface area contributed by atoms with Crippen LogP contribution >= 0.6 is 38.4 Å². The SMILES string of the molecule is O=Cc1cc(Oc2ccc(SS)cc2)ccc1Br. The van der Waals surface area contributed by atoms with Crippen LogP contribution in [0, 0.1) is 0 Å². The lowest BCUT2D eigenvalue weighted by molar-refractivity contribution is 0.112. The Kier molecular flexibility index (Phi) is 4.74. The zero-order valence-electron chi connectivity index (χ0n) is 9.17. The summed E-state index contributed by atoms with van der Waals surface area (Å²) in [7, 11) is 1.38. The van der Waals surface area contributed by atoms with Crippen molar-refractivity contribution in [2.45, 2.75) is 4.90 Å². The third kappa shape index (κ3) is 3.31. The smallest absolute Gasteiger partial charge is 0.151 e. The van der Waals surface area contributed by atoms with Crippen LogP contribution in [0.3, 0.4) is 0 Å². The second kappa shape index (κ2) is 6.31. The fourth-order valence-electron chi connectivity index (χ4n) is 1.38. The van der Waals surface area contributed by atoms with Gasteiger partial charge in [0.2, 0.25) is 0 Å². The maximum absolute atomic E-state index is 10.8. The van der Waals surface area contributed by atoms with Gasteiger partial charge in [-0.05, 0) is 42.5 Å². The van der Waals surface area contributed by atoms with E-state index in [9.17, 15) is 4.79 Å². The fraction of sp³-hybridized carbons (Fsp3) is 0. The molecule has 2 aromatic carbocycles. The second-order valence-electron chi connectivity index (χ2n) is 3.47. The number of hydrogen-bond donors (Lipinski definition) is 1. The molecule has 0 bridgehead atoms. The van der Waals surface area contributed by atoms with Crippen molar-refractivity contribution >= 4 is 44.7 Å². The predicted octanol–water partition coefficient (Wildman–Crippen LogP) is 4.99. The van der Waals surface area contributed by atoms with Crippen molar-refractivity contribution in [1.29, 1.82) is 0 Å². The molecule has 0 heterocycles. The van der Waals surface area contributed by atoms with Gasteiger partial charge in [0.05, 0.1) is 0 Å². The van der Waals surface area contributed by atoms with Crippen molar-refractivity contribution in [3.8, 4) is 11.5 Å². The molecule has 0 aromatic heterocycles. The average molecular weight is 341 g/mol. The van der Waals surface area contributed by atoms with Crippen molar-refractivity contribution in [2.24, 2.45) is 0 Å². The van der Waals surface area contributed by atoms with Crippen molar-refractivity contribution in [1.82, 2.24) is 0 Å². The zero-order chi connectivity index (χ0) is 13.0. The Morgan fingerprint density at radius 1 is 1.11 bits per heavy atom. The first-order chi connectivity index (χ1) is 8.72. The van der Waals surface area contributed by atoms with Gasteiger partial charge < -0.3 is 4.74 Å². The molecule has 0 N–H and O–H groups in total. The molecule has 0 radical (unpaired) electrons. The van der Waals surface area contributed by atoms with Crippen molar-refractivity contribution < 1.29 is 9.53 Å². The summed E-state index contributed by atoms with van der Waals surface area (Å²) in [5.74, 6) is 1.35. The number of rotatable bonds is 4. The third-order valence-electron chi connectivity index (χ3n) is 2.26. The monoisotopic (exact) mass is 340 g/mol. The van der Waals surface area contributed by atoms with E-state index in [1.807, 2.05) is 24.3 Å². The minimum Gasteiger partial charge on any atom is -0.457 e. The summed E-state index contributed by atoms with van der Waals surface area (Å²) < 4.78 is 6.42. The molecule has 92 valence electrons. The molecule has 2 rings (SSSR count). The van der Waals surface area contributed by atoms with Gasteiger partial charge in [0.25, 0.3) is 0 Å². The lowest BCUT2D eigenvalue weighted by Gasteiger charge is -2.07. The Morgan fingerprint density at radius 3 is 2.39 bits per heavy atom. The highest BCUT2D eigenvalue weighted by Gasteiger charge is 2.03. The fourth-order valence-corrected chi connectivity index (χ4v) is 2.34. The summed E-state index contributed by atoms with van der Waals surface area (Å²) >= 11 is 7.41. The van der Waals surface area contributed by atoms with Gasteiger partial charge in [0.15, 0.2) is 6.29 Å². The molecular formula is C13H9BrO2S2. The number of benzene rings is 2. The molecule has 0 fully saturated rings. The van der Waals surface area contributed by atoms with E-state index < -0.39 is 0 Å². The summed E-state index contributed by atoms with van der Waals surface area (Å²) in [6.45, 7) is 0. The Morgan fingerprint density at radius 2 is 1.78 bits per heavy atom. The largest absolute Gasteiger partial charge is 0.457 e. The maximum Gasteiger partial charge on any atom is 0.151 e. The molecule has 18 heavy (non-hydrogen) atoms. The predicted molar refractivity (Wildman–Crippen MR) is 80.9 cm³/mol. The number of carbonyl (C=O) groups excluding carboxylic acids is 1. The van der Waals surface area contributed by atoms with E-state index >= 15 is 0 Å². The highest BCUT2D eigenvalue weighted by molar-refractivity contribution is 9.10. The number of thiol groups is 1. The van der Waals surface area contributed by atoms with Gasteiger partial charge in [-0.2, -0.15) is 0 Å². The summed E-state index contributed by atoms with van der Waals surface area (Å²) in [5, 5.41) is 0. The quantitative estimate of drug-likeness (QED) is 0.482. The molecule has 0 saturated carbocycles. The Bertz CT molecular complexity index is 555. The van der Waals surface area contributed by atoms with Crippen molar-refractivity contribution in [3.63, 3.8) is 0 Å². The molecule has 2 nitrogen and oxygen atoms in total. The van der Waals surface area contributed by atoms with Gasteiger partial charge >= 0.3 is 0 Å². The lowest BCUT2D eigenvalue weighted by Crippen LogP contribution is -1.87. The molecule has 2 aromatic rings. The molecule has 0 atom stereocenters. The van der Waals surface area contributed by atoms with E-state index in [0.29, 0.717) is 11.3 Å². The van der Waals surface area contributed by atoms with Crippen LogP contribution < -0.4 is 4.74 Å². The first-order valence-electron chi connectivity index (χ1n) is 5.07. The van der Waals surface area contributed by atoms with Gasteiger partial charge in [-0.25, -0.2) is 0 Å². The van der Waals surface area contributed by atoms with E-state index in [4.69, 9.17) is 4.74 Å². The normalized spacial score (nSPS) is 10.1. The number of ether oxygens (including phenoxy) is 1. The molecule has 0 saturated heterocycles. The summed E-state index contributed by atoms with van der Waals surface area (Å²) in [5.41, 5.74) is 0.565. The van der Waals surface area contributed by atoms with Crippen LogP contribution in [0.4, 0.5) is 0 Å². The molecule has 5 heteroatoms. The second-order valence-corrected chi connectivity index (χ2v) is 5.52. The van der Waals surface area contributed by atoms with Gasteiger partial charge in [-0.15, -0.1) is 11.7 Å². The lowest BCUT2D eigenvalue weighted by atomic mass is 10.2. The molecule has 0 spiro atoms. The van der Waals surface area contributed by atoms with Gasteiger partial charge in [0.1, 0.15) is 11.5 Å². The van der Waals surface area contributed by atoms with Gasteiger partial charge in [-0.1, -0.05) is 26.7 Å². The van der Waals surface area contributed by atoms with E-state index in [-0.39, 0.29) is 0 Å². The summed E-state index contributed by atoms with van der Waals surface area (Å²) in [4.78, 5) is 11.9. The van der Waals surface area contributed by atoms with Crippen molar-refractivity contribution in [2.75, 3.05) is 0 Å². The van der Waals surface area contributed by atoms with E-state index in [0.717, 1.165) is 21.4 Å². The van der Waals surface area contributed by atoms with Crippen LogP contribution in [0.15, 0.2) is 51.8 Å². The Balaban J connectivity index is 2.20. The molecule has 0 aliphatic carbocycles. The summed E-state index contributed by atoms with van der Waals surface area (Å²) in [6, 6.07) is 12.9. The minimum absolute atomic E-state index is 0.565. The van der Waals surface area contributed by atoms with E-state index in [1.54, 1.807) is 18.2 Å². The van der Waals surface area contributed by atoms with Crippen LogP contribution in [0.5, 0.6) is 11.5 Å². The molecule has 0 amide bonds. The van der Waals surface area contributed by atoms with Crippen LogP contribution in [0.1, 0.15) is 10.4 Å². The standard InChI is InChI=1S/C13H9BrO2S2/c14-13-6-3-11(7-9(13)8-15)16-10-1-4-12(18-17)5-2-10/h1-8,17H. The Hall–Kier alpha value is -0.910. The topological polar surface area (TPSA) is 26.3 Å². The van der Waals surface area contributed by atoms with Crippen LogP contribution in [-0.2, 0) is 0 Å². The molecule has 0 aliphatic heterocycles. The van der Waals surface area contributed by atoms with Crippen LogP contribution in [-0.4, -0.2) is 6.29 Å². The molecule has 0 aliphatic rings. The third-order valence-corrected chi connectivity index (χ3v) is 4.10. The van der Waals surface area contributed by atoms with E-state index in [2.05, 4.69) is 27.6 Å². The Labute approximate surface area is 123 Å². The molecule has 0 unspecified atom stereocenters. The number of hydrogen-bond acceptors (Lipinski definition) is 4. The minimum atomic E-state index is 0.565. The number of halogens is 1. The first kappa shape index (κ1) is 13.5. The number of aldehydes is 1. The summed E-state index contributed by atoms with van der Waals surface area (Å²) in [6.07, 6.45) is 0.789. The molecular weight excluding hydrogens is 332 g/mol. The highest BCUT2D eigenvalue weighted by Crippen LogP contribution is 2.28. The van der Waals surface area contributed by atoms with Gasteiger partial charge in [0, 0.05) is 14.9 Å². The highest BCUT2D eigenvalue weighted by atomic mass is 79.9. The average Bonchev–Trinajstić information content (AvgIpc) is 2.42. The zero-order valence-corrected chi connectivity index (χ0v) is 12.5. The van der Waals surface area contributed by atoms with Gasteiger partial charge in [-0.3, -0.25) is 4.79 Å². The van der Waals surface area contributed by atoms with Crippen LogP contribution in [0.25, 0.3) is 0 Å². The first-order valence-corrected chi connectivity index (χ1v) is 7.73. The van der Waals surface area contributed by atoms with Crippen molar-refractivity contribution in [3.05, 3.63) is 52.5 Å². The maximum atomic E-state index is 10.8. The van der Waals surface area contributed by atoms with E-state index in [1.165, 1.54) is 10.8 Å². The number of carbonyl (C=O) groups is 1. The van der Waals surface area contributed by atoms with Crippen LogP contribution in [0.2, 0.25) is 0 Å².